The van der Waals surface area contributed by atoms with Gasteiger partial charge in [0.25, 0.3) is 10.1 Å². The largest absolute Gasteiger partial charge is 0.295 e. The van der Waals surface area contributed by atoms with E-state index in [1.807, 2.05) is 18.2 Å². The molecule has 0 radical (unpaired) electrons. The third-order valence-corrected chi connectivity index (χ3v) is 3.62. The van der Waals surface area contributed by atoms with Crippen LogP contribution < -0.4 is 10.4 Å². The van der Waals surface area contributed by atoms with Crippen molar-refractivity contribution in [2.75, 3.05) is 0 Å². The van der Waals surface area contributed by atoms with E-state index < -0.39 is 10.1 Å². The van der Waals surface area contributed by atoms with E-state index in [0.717, 1.165) is 11.6 Å². The highest BCUT2D eigenvalue weighted by Crippen LogP contribution is 2.08. The number of hydrogen-bond donors (Lipinski definition) is 1. The number of aryl methyl sites for hydroxylation is 1. The molecule has 0 spiro atoms. The fourth-order valence-electron chi connectivity index (χ4n) is 1.85. The average Bonchev–Trinajstić information content (AvgIpc) is 2.40. The highest BCUT2D eigenvalue weighted by molar-refractivity contribution is 7.85. The Kier molecular flexibility index (Phi) is 2.69. The lowest BCUT2D eigenvalue weighted by atomic mass is 10.1. The molecule has 3 nitrogen and oxygen atoms in total. The summed E-state index contributed by atoms with van der Waals surface area (Å²) < 4.78 is 31.9. The first kappa shape index (κ1) is 11.1. The summed E-state index contributed by atoms with van der Waals surface area (Å²) in [5, 5.41) is 1.40. The van der Waals surface area contributed by atoms with Crippen LogP contribution in [-0.2, 0) is 10.1 Å². The normalized spacial score (nSPS) is 14.6. The molecule has 16 heavy (non-hydrogen) atoms. The first-order valence-electron chi connectivity index (χ1n) is 4.94. The number of benzene rings is 1. The van der Waals surface area contributed by atoms with Gasteiger partial charge < -0.3 is 0 Å². The van der Waals surface area contributed by atoms with Crippen molar-refractivity contribution in [1.82, 2.24) is 0 Å². The molecule has 1 aliphatic rings. The van der Waals surface area contributed by atoms with E-state index in [9.17, 15) is 13.0 Å². The fourth-order valence-corrected chi connectivity index (χ4v) is 2.79. The van der Waals surface area contributed by atoms with Crippen molar-refractivity contribution in [2.24, 2.45) is 0 Å². The van der Waals surface area contributed by atoms with Crippen LogP contribution in [-0.4, -0.2) is 13.0 Å². The minimum Gasteiger partial charge on any atom is -0.282 e. The molecule has 4 heteroatoms. The third kappa shape index (κ3) is 1.94. The van der Waals surface area contributed by atoms with Gasteiger partial charge in [0.05, 0.1) is 0 Å². The highest BCUT2D eigenvalue weighted by Gasteiger charge is 2.15. The van der Waals surface area contributed by atoms with Gasteiger partial charge in [0, 0.05) is 5.22 Å². The second-order valence-electron chi connectivity index (χ2n) is 3.72. The Morgan fingerprint density at radius 2 is 2.06 bits per heavy atom. The van der Waals surface area contributed by atoms with E-state index in [1.54, 1.807) is 25.1 Å². The summed E-state index contributed by atoms with van der Waals surface area (Å²) >= 11 is 0. The predicted molar refractivity (Wildman–Crippen MR) is 62.9 cm³/mol. The fraction of sp³-hybridized carbons (Fsp3) is 0.167. The van der Waals surface area contributed by atoms with Crippen LogP contribution in [0.15, 0.2) is 29.2 Å². The van der Waals surface area contributed by atoms with Gasteiger partial charge in [-0.05, 0) is 24.1 Å². The highest BCUT2D eigenvalue weighted by atomic mass is 32.2. The smallest absolute Gasteiger partial charge is 0.282 e. The monoisotopic (exact) mass is 236 g/mol. The molecule has 1 N–H and O–H groups in total. The summed E-state index contributed by atoms with van der Waals surface area (Å²) in [6.07, 6.45) is 8.15. The van der Waals surface area contributed by atoms with Crippen LogP contribution in [0.5, 0.6) is 0 Å². The first-order valence-corrected chi connectivity index (χ1v) is 6.38. The Hall–Kier alpha value is -1.39. The predicted octanol–water partition coefficient (Wildman–Crippen LogP) is 0.763. The molecule has 0 saturated heterocycles. The summed E-state index contributed by atoms with van der Waals surface area (Å²) in [5.41, 5.74) is 0.557. The van der Waals surface area contributed by atoms with Gasteiger partial charge in [-0.3, -0.25) is 4.55 Å². The van der Waals surface area contributed by atoms with Crippen LogP contribution in [0.2, 0.25) is 0 Å². The van der Waals surface area contributed by atoms with E-state index >= 15 is 0 Å². The SMILES string of the molecule is Cc1ccc2c(c1S(=O)(=O)O)=CC=CCC=2. The van der Waals surface area contributed by atoms with Gasteiger partial charge in [0.1, 0.15) is 4.90 Å². The van der Waals surface area contributed by atoms with Crippen molar-refractivity contribution >= 4 is 22.3 Å². The lowest BCUT2D eigenvalue weighted by Gasteiger charge is -2.03. The van der Waals surface area contributed by atoms with Crippen molar-refractivity contribution in [1.29, 1.82) is 0 Å². The Labute approximate surface area is 94.2 Å². The van der Waals surface area contributed by atoms with Gasteiger partial charge in [0.15, 0.2) is 0 Å². The molecule has 84 valence electrons. The van der Waals surface area contributed by atoms with Gasteiger partial charge in [-0.25, -0.2) is 0 Å². The number of hydrogen-bond acceptors (Lipinski definition) is 2. The lowest BCUT2D eigenvalue weighted by molar-refractivity contribution is 0.481. The topological polar surface area (TPSA) is 54.4 Å². The van der Waals surface area contributed by atoms with E-state index in [2.05, 4.69) is 0 Å². The van der Waals surface area contributed by atoms with E-state index in [1.165, 1.54) is 0 Å². The molecule has 0 aromatic heterocycles. The minimum absolute atomic E-state index is 0.00722. The van der Waals surface area contributed by atoms with Crippen LogP contribution in [0, 0.1) is 6.92 Å². The lowest BCUT2D eigenvalue weighted by Crippen LogP contribution is -2.30. The van der Waals surface area contributed by atoms with E-state index in [-0.39, 0.29) is 4.90 Å². The van der Waals surface area contributed by atoms with Gasteiger partial charge in [-0.15, -0.1) is 0 Å². The summed E-state index contributed by atoms with van der Waals surface area (Å²) in [5.74, 6) is 0. The zero-order valence-corrected chi connectivity index (χ0v) is 9.66. The molecule has 0 saturated carbocycles. The molecule has 0 heterocycles. The molecule has 1 aromatic rings. The summed E-state index contributed by atoms with van der Waals surface area (Å²) in [4.78, 5) is 0.00722. The maximum absolute atomic E-state index is 11.3. The van der Waals surface area contributed by atoms with Crippen LogP contribution >= 0.6 is 0 Å². The quantitative estimate of drug-likeness (QED) is 0.732. The minimum atomic E-state index is -4.18. The van der Waals surface area contributed by atoms with E-state index in [4.69, 9.17) is 0 Å². The Morgan fingerprint density at radius 1 is 1.31 bits per heavy atom. The molecule has 0 unspecified atom stereocenters. The molecule has 2 rings (SSSR count). The van der Waals surface area contributed by atoms with Gasteiger partial charge >= 0.3 is 0 Å². The molecule has 1 aromatic carbocycles. The van der Waals surface area contributed by atoms with Gasteiger partial charge in [-0.2, -0.15) is 8.42 Å². The molecular weight excluding hydrogens is 224 g/mol. The Balaban J connectivity index is 3.00. The van der Waals surface area contributed by atoms with Crippen molar-refractivity contribution in [2.45, 2.75) is 18.2 Å². The summed E-state index contributed by atoms with van der Waals surface area (Å²) in [7, 11) is -4.18. The Morgan fingerprint density at radius 3 is 2.75 bits per heavy atom. The Bertz CT molecular complexity index is 667. The maximum atomic E-state index is 11.3. The van der Waals surface area contributed by atoms with Gasteiger partial charge in [-0.1, -0.05) is 36.4 Å². The number of rotatable bonds is 1. The third-order valence-electron chi connectivity index (χ3n) is 2.56. The molecular formula is C12H12O3S. The van der Waals surface area contributed by atoms with Crippen LogP contribution in [0.1, 0.15) is 12.0 Å². The van der Waals surface area contributed by atoms with Crippen LogP contribution in [0.25, 0.3) is 12.2 Å². The first-order chi connectivity index (χ1) is 7.50. The molecule has 0 bridgehead atoms. The van der Waals surface area contributed by atoms with E-state index in [0.29, 0.717) is 10.8 Å². The van der Waals surface area contributed by atoms with Crippen molar-refractivity contribution < 1.29 is 13.0 Å². The van der Waals surface area contributed by atoms with Crippen molar-refractivity contribution in [3.8, 4) is 0 Å². The molecule has 0 atom stereocenters. The summed E-state index contributed by atoms with van der Waals surface area (Å²) in [6.45, 7) is 1.67. The van der Waals surface area contributed by atoms with Crippen molar-refractivity contribution in [3.05, 3.63) is 40.3 Å². The summed E-state index contributed by atoms with van der Waals surface area (Å²) in [6, 6.07) is 3.57. The molecule has 0 aliphatic heterocycles. The maximum Gasteiger partial charge on any atom is 0.295 e. The van der Waals surface area contributed by atoms with Crippen LogP contribution in [0.4, 0.5) is 0 Å². The van der Waals surface area contributed by atoms with Gasteiger partial charge in [0.2, 0.25) is 0 Å². The zero-order valence-electron chi connectivity index (χ0n) is 8.84. The second-order valence-corrected chi connectivity index (χ2v) is 5.08. The average molecular weight is 236 g/mol. The second kappa shape index (κ2) is 3.88. The molecule has 1 aliphatic carbocycles. The number of allylic oxidation sites excluding steroid dienone is 2. The zero-order chi connectivity index (χ0) is 11.8. The number of fused-ring (bicyclic) bond motifs is 1. The molecule has 0 amide bonds. The standard InChI is InChI=1S/C12H12O3S/c1-9-7-8-10-5-3-2-4-6-11(10)12(9)16(13,14)15/h2,4-8H,3H2,1H3,(H,13,14,15). The molecule has 0 fully saturated rings. The van der Waals surface area contributed by atoms with Crippen LogP contribution in [0.3, 0.4) is 0 Å². The van der Waals surface area contributed by atoms with Crippen molar-refractivity contribution in [3.63, 3.8) is 0 Å².